The van der Waals surface area contributed by atoms with Gasteiger partial charge in [-0.2, -0.15) is 0 Å². The van der Waals surface area contributed by atoms with Gasteiger partial charge in [0.2, 0.25) is 0 Å². The highest BCUT2D eigenvalue weighted by Crippen LogP contribution is 2.34. The van der Waals surface area contributed by atoms with Crippen molar-refractivity contribution >= 4 is 15.9 Å². The van der Waals surface area contributed by atoms with E-state index in [1.165, 1.54) is 0 Å². The first-order chi connectivity index (χ1) is 9.02. The average Bonchev–Trinajstić information content (AvgIpc) is 2.69. The van der Waals surface area contributed by atoms with Crippen LogP contribution < -0.4 is 5.73 Å². The summed E-state index contributed by atoms with van der Waals surface area (Å²) in [7, 11) is 0. The first-order valence-corrected chi connectivity index (χ1v) is 7.02. The second-order valence-electron chi connectivity index (χ2n) is 4.71. The van der Waals surface area contributed by atoms with Crippen molar-refractivity contribution in [2.75, 3.05) is 6.54 Å². The molecular weight excluding hydrogens is 306 g/mol. The lowest BCUT2D eigenvalue weighted by Crippen LogP contribution is -2.20. The molecule has 0 saturated heterocycles. The molecule has 0 saturated carbocycles. The maximum atomic E-state index is 10.6. The molecular formula is C15H18BrNO2. The third-order valence-corrected chi connectivity index (χ3v) is 3.80. The predicted molar refractivity (Wildman–Crippen MR) is 79.1 cm³/mol. The molecule has 0 aliphatic rings. The van der Waals surface area contributed by atoms with Crippen LogP contribution in [0.15, 0.2) is 39.2 Å². The van der Waals surface area contributed by atoms with E-state index < -0.39 is 6.10 Å². The Morgan fingerprint density at radius 2 is 2.05 bits per heavy atom. The largest absolute Gasteiger partial charge is 0.466 e. The Bertz CT molecular complexity index is 565. The first kappa shape index (κ1) is 14.3. The monoisotopic (exact) mass is 323 g/mol. The summed E-state index contributed by atoms with van der Waals surface area (Å²) < 4.78 is 6.46. The van der Waals surface area contributed by atoms with Crippen LogP contribution in [0.2, 0.25) is 0 Å². The molecule has 0 spiro atoms. The summed E-state index contributed by atoms with van der Waals surface area (Å²) in [5.74, 6) is 1.41. The summed E-state index contributed by atoms with van der Waals surface area (Å²) in [5, 5.41) is 10.6. The number of hydrogen-bond acceptors (Lipinski definition) is 3. The van der Waals surface area contributed by atoms with E-state index in [0.717, 1.165) is 27.1 Å². The minimum Gasteiger partial charge on any atom is -0.466 e. The summed E-state index contributed by atoms with van der Waals surface area (Å²) in [6.07, 6.45) is -0.656. The van der Waals surface area contributed by atoms with Crippen LogP contribution >= 0.6 is 15.9 Å². The normalized spacial score (nSPS) is 14.4. The van der Waals surface area contributed by atoms with Gasteiger partial charge in [-0.3, -0.25) is 0 Å². The van der Waals surface area contributed by atoms with Crippen molar-refractivity contribution in [3.05, 3.63) is 57.5 Å². The minimum absolute atomic E-state index is 0.145. The number of nitrogens with two attached hydrogens (primary N) is 1. The number of halogens is 1. The molecule has 0 fully saturated rings. The molecule has 0 aliphatic carbocycles. The number of rotatable bonds is 4. The predicted octanol–water partition coefficient (Wildman–Crippen LogP) is 3.43. The van der Waals surface area contributed by atoms with Crippen molar-refractivity contribution in [2.45, 2.75) is 25.9 Å². The van der Waals surface area contributed by atoms with Crippen LogP contribution in [0, 0.1) is 13.8 Å². The maximum absolute atomic E-state index is 10.6. The van der Waals surface area contributed by atoms with Gasteiger partial charge in [-0.25, -0.2) is 0 Å². The van der Waals surface area contributed by atoms with Crippen LogP contribution in [-0.4, -0.2) is 11.7 Å². The molecule has 0 radical (unpaired) electrons. The summed E-state index contributed by atoms with van der Waals surface area (Å²) in [4.78, 5) is 0. The zero-order valence-electron chi connectivity index (χ0n) is 11.1. The highest BCUT2D eigenvalue weighted by atomic mass is 79.9. The van der Waals surface area contributed by atoms with E-state index in [4.69, 9.17) is 10.2 Å². The van der Waals surface area contributed by atoms with E-state index in [2.05, 4.69) is 15.9 Å². The van der Waals surface area contributed by atoms with Crippen LogP contribution in [0.1, 0.15) is 34.7 Å². The van der Waals surface area contributed by atoms with E-state index in [9.17, 15) is 5.11 Å². The van der Waals surface area contributed by atoms with Gasteiger partial charge in [0.15, 0.2) is 0 Å². The molecule has 2 rings (SSSR count). The third-order valence-electron chi connectivity index (χ3n) is 3.31. The van der Waals surface area contributed by atoms with Gasteiger partial charge in [-0.05, 0) is 37.6 Å². The quantitative estimate of drug-likeness (QED) is 0.906. The van der Waals surface area contributed by atoms with Gasteiger partial charge in [-0.15, -0.1) is 0 Å². The first-order valence-electron chi connectivity index (χ1n) is 6.23. The fourth-order valence-electron chi connectivity index (χ4n) is 2.35. The average molecular weight is 324 g/mol. The van der Waals surface area contributed by atoms with Gasteiger partial charge < -0.3 is 15.3 Å². The Labute approximate surface area is 121 Å². The van der Waals surface area contributed by atoms with Crippen molar-refractivity contribution < 1.29 is 9.52 Å². The number of furan rings is 1. The number of benzene rings is 1. The summed E-state index contributed by atoms with van der Waals surface area (Å²) >= 11 is 3.44. The highest BCUT2D eigenvalue weighted by Gasteiger charge is 2.25. The smallest absolute Gasteiger partial charge is 0.106 e. The Morgan fingerprint density at radius 3 is 2.58 bits per heavy atom. The topological polar surface area (TPSA) is 59.4 Å². The molecule has 2 unspecified atom stereocenters. The second kappa shape index (κ2) is 5.90. The second-order valence-corrected chi connectivity index (χ2v) is 5.63. The number of hydrogen-bond donors (Lipinski definition) is 2. The molecule has 0 bridgehead atoms. The van der Waals surface area contributed by atoms with Crippen LogP contribution in [0.25, 0.3) is 0 Å². The molecule has 19 heavy (non-hydrogen) atoms. The number of aryl methyl sites for hydroxylation is 2. The molecule has 3 nitrogen and oxygen atoms in total. The fraction of sp³-hybridized carbons (Fsp3) is 0.333. The van der Waals surface area contributed by atoms with Gasteiger partial charge >= 0.3 is 0 Å². The lowest BCUT2D eigenvalue weighted by molar-refractivity contribution is 0.145. The maximum Gasteiger partial charge on any atom is 0.106 e. The molecule has 4 heteroatoms. The zero-order valence-corrected chi connectivity index (χ0v) is 12.6. The van der Waals surface area contributed by atoms with E-state index in [1.807, 2.05) is 44.2 Å². The molecule has 2 atom stereocenters. The van der Waals surface area contributed by atoms with Crippen molar-refractivity contribution in [3.63, 3.8) is 0 Å². The molecule has 0 aliphatic heterocycles. The van der Waals surface area contributed by atoms with Gasteiger partial charge in [0.1, 0.15) is 11.5 Å². The third kappa shape index (κ3) is 3.08. The minimum atomic E-state index is -0.656. The standard InChI is InChI=1S/C15H18BrNO2/c1-9-6-13(10(2)19-9)15(18)14(8-17)11-4-3-5-12(16)7-11/h3-7,14-15,18H,8,17H2,1-2H3. The van der Waals surface area contributed by atoms with E-state index >= 15 is 0 Å². The number of aliphatic hydroxyl groups excluding tert-OH is 1. The molecule has 1 aromatic carbocycles. The lowest BCUT2D eigenvalue weighted by atomic mass is 9.89. The van der Waals surface area contributed by atoms with Crippen LogP contribution in [0.4, 0.5) is 0 Å². The van der Waals surface area contributed by atoms with Crippen molar-refractivity contribution in [3.8, 4) is 0 Å². The highest BCUT2D eigenvalue weighted by molar-refractivity contribution is 9.10. The summed E-state index contributed by atoms with van der Waals surface area (Å²) in [6, 6.07) is 9.75. The lowest BCUT2D eigenvalue weighted by Gasteiger charge is -2.21. The Balaban J connectivity index is 2.34. The molecule has 2 aromatic rings. The summed E-state index contributed by atoms with van der Waals surface area (Å²) in [6.45, 7) is 4.11. The van der Waals surface area contributed by atoms with Crippen molar-refractivity contribution in [2.24, 2.45) is 5.73 Å². The Morgan fingerprint density at radius 1 is 1.32 bits per heavy atom. The SMILES string of the molecule is Cc1cc(C(O)C(CN)c2cccc(Br)c2)c(C)o1. The van der Waals surface area contributed by atoms with Gasteiger partial charge in [-0.1, -0.05) is 28.1 Å². The molecule has 1 heterocycles. The van der Waals surface area contributed by atoms with E-state index in [0.29, 0.717) is 6.54 Å². The van der Waals surface area contributed by atoms with Crippen LogP contribution in [-0.2, 0) is 0 Å². The number of aliphatic hydroxyl groups is 1. The molecule has 0 amide bonds. The Kier molecular flexibility index (Phi) is 4.45. The van der Waals surface area contributed by atoms with Crippen LogP contribution in [0.5, 0.6) is 0 Å². The van der Waals surface area contributed by atoms with Gasteiger partial charge in [0.25, 0.3) is 0 Å². The fourth-order valence-corrected chi connectivity index (χ4v) is 2.76. The molecule has 102 valence electrons. The van der Waals surface area contributed by atoms with Crippen molar-refractivity contribution in [1.29, 1.82) is 0 Å². The van der Waals surface area contributed by atoms with E-state index in [1.54, 1.807) is 0 Å². The van der Waals surface area contributed by atoms with E-state index in [-0.39, 0.29) is 5.92 Å². The summed E-state index contributed by atoms with van der Waals surface area (Å²) in [5.41, 5.74) is 7.67. The Hall–Kier alpha value is -1.10. The van der Waals surface area contributed by atoms with Gasteiger partial charge in [0.05, 0.1) is 6.10 Å². The van der Waals surface area contributed by atoms with Crippen molar-refractivity contribution in [1.82, 2.24) is 0 Å². The van der Waals surface area contributed by atoms with Crippen LogP contribution in [0.3, 0.4) is 0 Å². The molecule has 3 N–H and O–H groups in total. The van der Waals surface area contributed by atoms with Gasteiger partial charge in [0, 0.05) is 22.5 Å². The zero-order chi connectivity index (χ0) is 14.0. The molecule has 1 aromatic heterocycles.